The van der Waals surface area contributed by atoms with Gasteiger partial charge in [0.2, 0.25) is 10.0 Å². The Hall–Kier alpha value is -2.36. The second-order valence-electron chi connectivity index (χ2n) is 6.02. The number of hydrogen-bond acceptors (Lipinski definition) is 3. The molecular formula is C18H15ClF3N3O2S. The second-order valence-corrected chi connectivity index (χ2v) is 8.19. The molecule has 28 heavy (non-hydrogen) atoms. The molecule has 0 saturated heterocycles. The van der Waals surface area contributed by atoms with Crippen LogP contribution in [0, 0.1) is 0 Å². The molecule has 10 heteroatoms. The molecule has 0 bridgehead atoms. The Bertz CT molecular complexity index is 1050. The lowest BCUT2D eigenvalue weighted by molar-refractivity contribution is -0.137. The first-order valence-corrected chi connectivity index (χ1v) is 9.91. The molecule has 0 aliphatic carbocycles. The summed E-state index contributed by atoms with van der Waals surface area (Å²) in [5, 5.41) is -0.556. The Morgan fingerprint density at radius 1 is 1.07 bits per heavy atom. The average Bonchev–Trinajstić information content (AvgIpc) is 3.13. The molecule has 0 radical (unpaired) electrons. The van der Waals surface area contributed by atoms with Gasteiger partial charge in [0.05, 0.1) is 21.8 Å². The summed E-state index contributed by atoms with van der Waals surface area (Å²) in [5.41, 5.74) is 0.473. The maximum absolute atomic E-state index is 12.9. The van der Waals surface area contributed by atoms with E-state index >= 15 is 0 Å². The largest absolute Gasteiger partial charge is 0.417 e. The fourth-order valence-electron chi connectivity index (χ4n) is 2.50. The number of imidazole rings is 1. The van der Waals surface area contributed by atoms with Crippen LogP contribution in [0.3, 0.4) is 0 Å². The zero-order valence-corrected chi connectivity index (χ0v) is 15.9. The predicted octanol–water partition coefficient (Wildman–Crippen LogP) is 4.08. The number of nitrogens with one attached hydrogen (secondary N) is 1. The lowest BCUT2D eigenvalue weighted by atomic mass is 10.1. The molecule has 5 nitrogen and oxygen atoms in total. The highest BCUT2D eigenvalue weighted by molar-refractivity contribution is 7.89. The van der Waals surface area contributed by atoms with Crippen LogP contribution in [0.15, 0.2) is 66.1 Å². The topological polar surface area (TPSA) is 64.0 Å². The highest BCUT2D eigenvalue weighted by Crippen LogP contribution is 2.35. The molecule has 0 saturated carbocycles. The van der Waals surface area contributed by atoms with Gasteiger partial charge in [-0.1, -0.05) is 35.9 Å². The third-order valence-corrected chi connectivity index (χ3v) is 5.70. The van der Waals surface area contributed by atoms with Gasteiger partial charge in [0.15, 0.2) is 0 Å². The Kier molecular flexibility index (Phi) is 5.78. The van der Waals surface area contributed by atoms with Crippen LogP contribution in [0.1, 0.15) is 16.7 Å². The minimum Gasteiger partial charge on any atom is -0.333 e. The molecule has 1 heterocycles. The van der Waals surface area contributed by atoms with E-state index in [4.69, 9.17) is 11.6 Å². The van der Waals surface area contributed by atoms with Crippen molar-refractivity contribution in [2.45, 2.75) is 24.2 Å². The van der Waals surface area contributed by atoms with Gasteiger partial charge in [0, 0.05) is 25.5 Å². The van der Waals surface area contributed by atoms with Crippen molar-refractivity contribution >= 4 is 21.6 Å². The van der Waals surface area contributed by atoms with E-state index in [1.807, 2.05) is 22.9 Å². The van der Waals surface area contributed by atoms with E-state index in [2.05, 4.69) is 9.71 Å². The van der Waals surface area contributed by atoms with Gasteiger partial charge < -0.3 is 4.57 Å². The molecule has 0 fully saturated rings. The van der Waals surface area contributed by atoms with Gasteiger partial charge in [0.25, 0.3) is 0 Å². The van der Waals surface area contributed by atoms with Gasteiger partial charge >= 0.3 is 6.18 Å². The average molecular weight is 430 g/mol. The molecule has 0 atom stereocenters. The van der Waals surface area contributed by atoms with Crippen LogP contribution in [0.2, 0.25) is 5.02 Å². The van der Waals surface area contributed by atoms with Crippen molar-refractivity contribution < 1.29 is 21.6 Å². The maximum atomic E-state index is 12.9. The molecule has 0 spiro atoms. The van der Waals surface area contributed by atoms with E-state index in [-0.39, 0.29) is 6.54 Å². The third kappa shape index (κ3) is 4.92. The minimum atomic E-state index is -4.74. The first-order chi connectivity index (χ1) is 13.1. The number of benzene rings is 2. The fourth-order valence-corrected chi connectivity index (χ4v) is 3.77. The van der Waals surface area contributed by atoms with E-state index in [9.17, 15) is 21.6 Å². The first kappa shape index (κ1) is 20.4. The predicted molar refractivity (Wildman–Crippen MR) is 98.3 cm³/mol. The van der Waals surface area contributed by atoms with Crippen molar-refractivity contribution in [2.75, 3.05) is 0 Å². The number of nitrogens with zero attached hydrogens (tertiary/aromatic N) is 2. The van der Waals surface area contributed by atoms with Gasteiger partial charge in [0.1, 0.15) is 0 Å². The summed E-state index contributed by atoms with van der Waals surface area (Å²) in [6.45, 7) is 0.564. The van der Waals surface area contributed by atoms with Crippen LogP contribution in [0.4, 0.5) is 13.2 Å². The van der Waals surface area contributed by atoms with Crippen LogP contribution in [0.25, 0.3) is 0 Å². The van der Waals surface area contributed by atoms with E-state index in [1.54, 1.807) is 24.7 Å². The van der Waals surface area contributed by atoms with Crippen molar-refractivity contribution in [3.63, 3.8) is 0 Å². The molecule has 1 N–H and O–H groups in total. The third-order valence-electron chi connectivity index (χ3n) is 3.97. The van der Waals surface area contributed by atoms with Crippen molar-refractivity contribution in [3.05, 3.63) is 82.9 Å². The summed E-state index contributed by atoms with van der Waals surface area (Å²) in [6.07, 6.45) is 0.435. The van der Waals surface area contributed by atoms with E-state index in [1.165, 1.54) is 0 Å². The van der Waals surface area contributed by atoms with Crippen molar-refractivity contribution in [3.8, 4) is 0 Å². The molecule has 0 aliphatic heterocycles. The van der Waals surface area contributed by atoms with E-state index in [0.717, 1.165) is 17.7 Å². The van der Waals surface area contributed by atoms with Crippen LogP contribution in [-0.4, -0.2) is 18.0 Å². The number of rotatable bonds is 6. The highest BCUT2D eigenvalue weighted by atomic mass is 35.5. The number of sulfonamides is 1. The van der Waals surface area contributed by atoms with Crippen molar-refractivity contribution in [1.29, 1.82) is 0 Å². The Morgan fingerprint density at radius 3 is 2.36 bits per heavy atom. The Morgan fingerprint density at radius 2 is 1.75 bits per heavy atom. The summed E-state index contributed by atoms with van der Waals surface area (Å²) in [6, 6.07) is 9.66. The van der Waals surface area contributed by atoms with Gasteiger partial charge in [-0.3, -0.25) is 0 Å². The van der Waals surface area contributed by atoms with E-state index in [0.29, 0.717) is 18.2 Å². The zero-order chi connectivity index (χ0) is 20.4. The second kappa shape index (κ2) is 7.94. The molecule has 0 aliphatic rings. The Balaban J connectivity index is 1.70. The standard InChI is InChI=1S/C18H15ClF3N3O2S/c19-17-6-5-15(9-16(17)18(20,21)22)28(26,27)24-10-13-1-3-14(4-2-13)11-25-8-7-23-12-25/h1-9,12,24H,10-11H2. The molecule has 148 valence electrons. The van der Waals surface area contributed by atoms with Crippen LogP contribution in [-0.2, 0) is 29.3 Å². The van der Waals surface area contributed by atoms with Gasteiger partial charge in [-0.2, -0.15) is 13.2 Å². The maximum Gasteiger partial charge on any atom is 0.417 e. The number of aromatic nitrogens is 2. The SMILES string of the molecule is O=S(=O)(NCc1ccc(Cn2ccnc2)cc1)c1ccc(Cl)c(C(F)(F)F)c1. The van der Waals surface area contributed by atoms with E-state index < -0.39 is 31.7 Å². The van der Waals surface area contributed by atoms with Crippen molar-refractivity contribution in [1.82, 2.24) is 14.3 Å². The van der Waals surface area contributed by atoms with Gasteiger partial charge in [-0.15, -0.1) is 0 Å². The lowest BCUT2D eigenvalue weighted by Crippen LogP contribution is -2.23. The molecule has 1 aromatic heterocycles. The number of alkyl halides is 3. The first-order valence-electron chi connectivity index (χ1n) is 8.05. The monoisotopic (exact) mass is 429 g/mol. The van der Waals surface area contributed by atoms with Gasteiger partial charge in [-0.25, -0.2) is 18.1 Å². The smallest absolute Gasteiger partial charge is 0.333 e. The lowest BCUT2D eigenvalue weighted by Gasteiger charge is -2.12. The van der Waals surface area contributed by atoms with Crippen LogP contribution >= 0.6 is 11.6 Å². The number of hydrogen-bond donors (Lipinski definition) is 1. The summed E-state index contributed by atoms with van der Waals surface area (Å²) >= 11 is 5.53. The molecule has 2 aromatic carbocycles. The van der Waals surface area contributed by atoms with Crippen LogP contribution < -0.4 is 4.72 Å². The van der Waals surface area contributed by atoms with Crippen LogP contribution in [0.5, 0.6) is 0 Å². The molecule has 0 amide bonds. The number of halogens is 4. The van der Waals surface area contributed by atoms with Gasteiger partial charge in [-0.05, 0) is 29.3 Å². The normalized spacial score (nSPS) is 12.3. The molecule has 3 aromatic rings. The Labute approximate surface area is 164 Å². The quantitative estimate of drug-likeness (QED) is 0.642. The molecular weight excluding hydrogens is 415 g/mol. The fraction of sp³-hybridized carbons (Fsp3) is 0.167. The summed E-state index contributed by atoms with van der Waals surface area (Å²) in [7, 11) is -4.13. The van der Waals surface area contributed by atoms with Crippen molar-refractivity contribution in [2.24, 2.45) is 0 Å². The molecule has 0 unspecified atom stereocenters. The summed E-state index contributed by atoms with van der Waals surface area (Å²) in [5.74, 6) is 0. The zero-order valence-electron chi connectivity index (χ0n) is 14.3. The minimum absolute atomic E-state index is 0.0579. The summed E-state index contributed by atoms with van der Waals surface area (Å²) in [4.78, 5) is 3.46. The molecule has 3 rings (SSSR count). The summed E-state index contributed by atoms with van der Waals surface area (Å²) < 4.78 is 67.7. The highest BCUT2D eigenvalue weighted by Gasteiger charge is 2.34.